The first kappa shape index (κ1) is 24.2. The zero-order valence-electron chi connectivity index (χ0n) is 19.1. The first-order chi connectivity index (χ1) is 15.5. The molecule has 1 atom stereocenters. The summed E-state index contributed by atoms with van der Waals surface area (Å²) in [7, 11) is -3.35. The van der Waals surface area contributed by atoms with E-state index in [0.717, 1.165) is 42.6 Å². The molecule has 1 aliphatic heterocycles. The lowest BCUT2D eigenvalue weighted by Crippen LogP contribution is -2.39. The van der Waals surface area contributed by atoms with E-state index in [4.69, 9.17) is 0 Å². The van der Waals surface area contributed by atoms with Crippen molar-refractivity contribution < 1.29 is 21.6 Å². The molecule has 1 unspecified atom stereocenters. The van der Waals surface area contributed by atoms with Gasteiger partial charge in [0, 0.05) is 12.6 Å². The smallest absolute Gasteiger partial charge is 0.299 e. The summed E-state index contributed by atoms with van der Waals surface area (Å²) in [4.78, 5) is 2.20. The van der Waals surface area contributed by atoms with Gasteiger partial charge in [-0.3, -0.25) is 4.90 Å². The molecule has 33 heavy (non-hydrogen) atoms. The van der Waals surface area contributed by atoms with Crippen LogP contribution < -0.4 is 4.72 Å². The van der Waals surface area contributed by atoms with E-state index >= 15 is 0 Å². The molecule has 2 aliphatic rings. The molecule has 0 amide bonds. The van der Waals surface area contributed by atoms with E-state index in [9.17, 15) is 21.6 Å². The number of alkyl halides is 3. The van der Waals surface area contributed by atoms with Crippen LogP contribution in [0.3, 0.4) is 0 Å². The molecule has 0 bridgehead atoms. The normalized spacial score (nSPS) is 19.4. The molecule has 1 N–H and O–H groups in total. The SMILES string of the molecule is CC(C)S(=O)(=O)NC1Cc2ccc(Cc3cc(CN4CCCC4)cc(C(F)(F)F)c3)cc2C1. The van der Waals surface area contributed by atoms with Gasteiger partial charge in [-0.1, -0.05) is 24.3 Å². The van der Waals surface area contributed by atoms with E-state index in [-0.39, 0.29) is 6.04 Å². The third kappa shape index (κ3) is 5.97. The van der Waals surface area contributed by atoms with Crippen LogP contribution in [0.1, 0.15) is 60.1 Å². The van der Waals surface area contributed by atoms with Gasteiger partial charge in [-0.2, -0.15) is 13.2 Å². The molecule has 1 saturated heterocycles. The molecule has 4 rings (SSSR count). The van der Waals surface area contributed by atoms with Gasteiger partial charge in [-0.15, -0.1) is 0 Å². The van der Waals surface area contributed by atoms with E-state index in [0.29, 0.717) is 36.9 Å². The van der Waals surface area contributed by atoms with Crippen LogP contribution in [-0.2, 0) is 42.0 Å². The number of hydrogen-bond acceptors (Lipinski definition) is 3. The molecule has 1 fully saturated rings. The second kappa shape index (κ2) is 9.39. The number of rotatable bonds is 7. The fraction of sp³-hybridized carbons (Fsp3) is 0.520. The van der Waals surface area contributed by atoms with Crippen molar-refractivity contribution in [3.63, 3.8) is 0 Å². The second-order valence-corrected chi connectivity index (χ2v) is 11.9. The molecule has 0 spiro atoms. The molecule has 1 heterocycles. The average Bonchev–Trinajstić information content (AvgIpc) is 3.35. The lowest BCUT2D eigenvalue weighted by atomic mass is 9.97. The molecule has 0 saturated carbocycles. The van der Waals surface area contributed by atoms with Crippen LogP contribution in [0, 0.1) is 0 Å². The summed E-state index contributed by atoms with van der Waals surface area (Å²) < 4.78 is 67.8. The summed E-state index contributed by atoms with van der Waals surface area (Å²) in [5.74, 6) is 0. The Bertz CT molecular complexity index is 1110. The average molecular weight is 481 g/mol. The van der Waals surface area contributed by atoms with Gasteiger partial charge >= 0.3 is 6.18 Å². The van der Waals surface area contributed by atoms with Crippen LogP contribution in [0.4, 0.5) is 13.2 Å². The Labute approximate surface area is 194 Å². The van der Waals surface area contributed by atoms with Crippen LogP contribution in [0.25, 0.3) is 0 Å². The van der Waals surface area contributed by atoms with Crippen molar-refractivity contribution in [2.75, 3.05) is 13.1 Å². The van der Waals surface area contributed by atoms with Gasteiger partial charge in [0.25, 0.3) is 0 Å². The maximum atomic E-state index is 13.5. The number of nitrogens with one attached hydrogen (secondary N) is 1. The lowest BCUT2D eigenvalue weighted by Gasteiger charge is -2.18. The predicted molar refractivity (Wildman–Crippen MR) is 124 cm³/mol. The molecule has 2 aromatic carbocycles. The zero-order valence-corrected chi connectivity index (χ0v) is 19.9. The number of benzene rings is 2. The minimum atomic E-state index is -4.38. The van der Waals surface area contributed by atoms with Crippen LogP contribution in [0.5, 0.6) is 0 Å². The van der Waals surface area contributed by atoms with Crippen LogP contribution in [0.15, 0.2) is 36.4 Å². The van der Waals surface area contributed by atoms with Crippen molar-refractivity contribution in [1.29, 1.82) is 0 Å². The molecule has 1 aliphatic carbocycles. The van der Waals surface area contributed by atoms with E-state index in [1.165, 1.54) is 12.1 Å². The minimum absolute atomic E-state index is 0.178. The van der Waals surface area contributed by atoms with Crippen molar-refractivity contribution in [3.8, 4) is 0 Å². The third-order valence-electron chi connectivity index (χ3n) is 6.55. The van der Waals surface area contributed by atoms with Gasteiger partial charge in [0.1, 0.15) is 0 Å². The lowest BCUT2D eigenvalue weighted by molar-refractivity contribution is -0.137. The molecular formula is C25H31F3N2O2S. The number of likely N-dealkylation sites (tertiary alicyclic amines) is 1. The Kier molecular flexibility index (Phi) is 6.90. The standard InChI is InChI=1S/C25H31F3N2O2S/c1-17(2)33(31,32)29-24-14-21-6-5-18(11-22(21)15-24)9-19-10-20(16-30-7-3-4-8-30)13-23(12-19)25(26,27)28/h5-6,10-13,17,24,29H,3-4,7-9,14-16H2,1-2H3. The first-order valence-corrected chi connectivity index (χ1v) is 13.1. The summed E-state index contributed by atoms with van der Waals surface area (Å²) in [6, 6.07) is 10.2. The second-order valence-electron chi connectivity index (χ2n) is 9.62. The monoisotopic (exact) mass is 480 g/mol. The largest absolute Gasteiger partial charge is 0.416 e. The molecule has 0 aromatic heterocycles. The van der Waals surface area contributed by atoms with Crippen molar-refractivity contribution in [3.05, 3.63) is 69.8 Å². The van der Waals surface area contributed by atoms with Crippen molar-refractivity contribution in [1.82, 2.24) is 9.62 Å². The van der Waals surface area contributed by atoms with E-state index < -0.39 is 27.0 Å². The van der Waals surface area contributed by atoms with Gasteiger partial charge in [0.05, 0.1) is 10.8 Å². The number of halogens is 3. The third-order valence-corrected chi connectivity index (χ3v) is 8.45. The number of sulfonamides is 1. The number of nitrogens with zero attached hydrogens (tertiary/aromatic N) is 1. The van der Waals surface area contributed by atoms with Crippen LogP contribution in [0.2, 0.25) is 0 Å². The van der Waals surface area contributed by atoms with Gasteiger partial charge in [-0.05, 0) is 99.0 Å². The number of fused-ring (bicyclic) bond motifs is 1. The Balaban J connectivity index is 1.52. The quantitative estimate of drug-likeness (QED) is 0.626. The zero-order chi connectivity index (χ0) is 23.8. The van der Waals surface area contributed by atoms with Crippen LogP contribution >= 0.6 is 0 Å². The fourth-order valence-electron chi connectivity index (χ4n) is 4.79. The highest BCUT2D eigenvalue weighted by Gasteiger charge is 2.32. The summed E-state index contributed by atoms with van der Waals surface area (Å²) in [6.45, 7) is 5.69. The molecule has 4 nitrogen and oxygen atoms in total. The van der Waals surface area contributed by atoms with Crippen molar-refractivity contribution >= 4 is 10.0 Å². The highest BCUT2D eigenvalue weighted by atomic mass is 32.2. The molecule has 180 valence electrons. The van der Waals surface area contributed by atoms with Crippen molar-refractivity contribution in [2.45, 2.75) is 70.0 Å². The Hall–Kier alpha value is -1.90. The summed E-state index contributed by atoms with van der Waals surface area (Å²) in [5, 5.41) is -0.493. The molecule has 2 aromatic rings. The van der Waals surface area contributed by atoms with E-state index in [1.54, 1.807) is 13.8 Å². The van der Waals surface area contributed by atoms with Gasteiger partial charge in [0.15, 0.2) is 0 Å². The predicted octanol–water partition coefficient (Wildman–Crippen LogP) is 4.69. The fourth-order valence-corrected chi connectivity index (χ4v) is 5.69. The Morgan fingerprint density at radius 3 is 2.30 bits per heavy atom. The van der Waals surface area contributed by atoms with Gasteiger partial charge in [-0.25, -0.2) is 13.1 Å². The summed E-state index contributed by atoms with van der Waals surface area (Å²) in [6.07, 6.45) is -0.561. The minimum Gasteiger partial charge on any atom is -0.299 e. The molecule has 0 radical (unpaired) electrons. The van der Waals surface area contributed by atoms with Gasteiger partial charge in [0.2, 0.25) is 10.0 Å². The summed E-state index contributed by atoms with van der Waals surface area (Å²) in [5.41, 5.74) is 3.84. The van der Waals surface area contributed by atoms with Crippen molar-refractivity contribution in [2.24, 2.45) is 0 Å². The van der Waals surface area contributed by atoms with E-state index in [1.807, 2.05) is 24.3 Å². The molecular weight excluding hydrogens is 449 g/mol. The summed E-state index contributed by atoms with van der Waals surface area (Å²) >= 11 is 0. The molecule has 8 heteroatoms. The first-order valence-electron chi connectivity index (χ1n) is 11.5. The highest BCUT2D eigenvalue weighted by molar-refractivity contribution is 7.90. The maximum Gasteiger partial charge on any atom is 0.416 e. The Morgan fingerprint density at radius 1 is 0.970 bits per heavy atom. The topological polar surface area (TPSA) is 49.4 Å². The van der Waals surface area contributed by atoms with Crippen LogP contribution in [-0.4, -0.2) is 37.7 Å². The highest BCUT2D eigenvalue weighted by Crippen LogP contribution is 2.32. The number of hydrogen-bond donors (Lipinski definition) is 1. The Morgan fingerprint density at radius 2 is 1.64 bits per heavy atom. The maximum absolute atomic E-state index is 13.5. The van der Waals surface area contributed by atoms with E-state index in [2.05, 4.69) is 9.62 Å². The van der Waals surface area contributed by atoms with Gasteiger partial charge < -0.3 is 0 Å².